The molecule has 14 heavy (non-hydrogen) atoms. The van der Waals surface area contributed by atoms with Crippen molar-refractivity contribution in [2.45, 2.75) is 0 Å². The summed E-state index contributed by atoms with van der Waals surface area (Å²) in [5.74, 6) is -0.497. The maximum atomic E-state index is 13.1. The maximum absolute atomic E-state index is 13.1. The van der Waals surface area contributed by atoms with Crippen molar-refractivity contribution < 1.29 is 4.39 Å². The van der Waals surface area contributed by atoms with Crippen LogP contribution in [0.4, 0.5) is 4.39 Å². The Balaban J connectivity index is 2.89. The van der Waals surface area contributed by atoms with Crippen LogP contribution in [0.15, 0.2) is 18.2 Å². The van der Waals surface area contributed by atoms with Crippen molar-refractivity contribution in [2.75, 3.05) is 13.6 Å². The molecule has 0 unspecified atom stereocenters. The SMILES string of the molecule is CNCC=Cc1cc(F)c(Cl)c(Cl)c1. The molecular formula is C10H10Cl2FN. The number of likely N-dealkylation sites (N-methyl/N-ethyl adjacent to an activating group) is 1. The van der Waals surface area contributed by atoms with E-state index in [-0.39, 0.29) is 10.0 Å². The van der Waals surface area contributed by atoms with E-state index in [1.54, 1.807) is 12.1 Å². The van der Waals surface area contributed by atoms with Crippen LogP contribution in [0.25, 0.3) is 6.08 Å². The average Bonchev–Trinajstić information content (AvgIpc) is 2.14. The van der Waals surface area contributed by atoms with Gasteiger partial charge < -0.3 is 5.32 Å². The third kappa shape index (κ3) is 2.98. The van der Waals surface area contributed by atoms with Gasteiger partial charge >= 0.3 is 0 Å². The Morgan fingerprint density at radius 2 is 2.14 bits per heavy atom. The van der Waals surface area contributed by atoms with Crippen LogP contribution in [0.2, 0.25) is 10.0 Å². The molecule has 0 bridgehead atoms. The zero-order chi connectivity index (χ0) is 10.6. The zero-order valence-electron chi connectivity index (χ0n) is 7.65. The van der Waals surface area contributed by atoms with E-state index in [0.717, 1.165) is 6.54 Å². The maximum Gasteiger partial charge on any atom is 0.143 e. The molecule has 0 aliphatic rings. The molecule has 4 heteroatoms. The van der Waals surface area contributed by atoms with Gasteiger partial charge in [-0.2, -0.15) is 0 Å². The molecule has 0 spiro atoms. The van der Waals surface area contributed by atoms with Crippen molar-refractivity contribution in [1.29, 1.82) is 0 Å². The number of benzene rings is 1. The van der Waals surface area contributed by atoms with E-state index in [2.05, 4.69) is 5.32 Å². The van der Waals surface area contributed by atoms with Gasteiger partial charge in [0, 0.05) is 6.54 Å². The molecule has 0 amide bonds. The molecule has 0 fully saturated rings. The van der Waals surface area contributed by atoms with Gasteiger partial charge in [-0.05, 0) is 24.7 Å². The summed E-state index contributed by atoms with van der Waals surface area (Å²) in [6.45, 7) is 0.724. The van der Waals surface area contributed by atoms with Gasteiger partial charge in [-0.1, -0.05) is 35.4 Å². The Hall–Kier alpha value is -0.570. The average molecular weight is 234 g/mol. The zero-order valence-corrected chi connectivity index (χ0v) is 9.16. The van der Waals surface area contributed by atoms with Gasteiger partial charge in [-0.15, -0.1) is 0 Å². The van der Waals surface area contributed by atoms with E-state index in [1.165, 1.54) is 6.07 Å². The Bertz CT molecular complexity index is 327. The molecule has 0 aliphatic carbocycles. The lowest BCUT2D eigenvalue weighted by molar-refractivity contribution is 0.628. The number of halogens is 3. The van der Waals surface area contributed by atoms with Crippen LogP contribution in [-0.2, 0) is 0 Å². The van der Waals surface area contributed by atoms with Gasteiger partial charge in [-0.25, -0.2) is 4.39 Å². The molecule has 1 aromatic carbocycles. The summed E-state index contributed by atoms with van der Waals surface area (Å²) < 4.78 is 13.1. The van der Waals surface area contributed by atoms with Crippen molar-refractivity contribution in [3.05, 3.63) is 39.6 Å². The van der Waals surface area contributed by atoms with Gasteiger partial charge in [0.1, 0.15) is 5.82 Å². The van der Waals surface area contributed by atoms with Crippen molar-refractivity contribution in [2.24, 2.45) is 0 Å². The minimum Gasteiger partial charge on any atom is -0.316 e. The summed E-state index contributed by atoms with van der Waals surface area (Å²) in [6, 6.07) is 2.97. The summed E-state index contributed by atoms with van der Waals surface area (Å²) >= 11 is 11.3. The highest BCUT2D eigenvalue weighted by atomic mass is 35.5. The van der Waals surface area contributed by atoms with E-state index >= 15 is 0 Å². The molecule has 0 radical (unpaired) electrons. The molecule has 1 aromatic rings. The van der Waals surface area contributed by atoms with Crippen LogP contribution in [0, 0.1) is 5.82 Å². The molecule has 76 valence electrons. The molecule has 0 aromatic heterocycles. The predicted molar refractivity (Wildman–Crippen MR) is 59.4 cm³/mol. The normalized spacial score (nSPS) is 11.1. The first-order valence-corrected chi connectivity index (χ1v) is 4.86. The lowest BCUT2D eigenvalue weighted by Crippen LogP contribution is -2.03. The Kier molecular flexibility index (Phi) is 4.39. The van der Waals surface area contributed by atoms with Crippen LogP contribution >= 0.6 is 23.2 Å². The van der Waals surface area contributed by atoms with Crippen molar-refractivity contribution in [1.82, 2.24) is 5.32 Å². The highest BCUT2D eigenvalue weighted by Crippen LogP contribution is 2.26. The first-order valence-electron chi connectivity index (χ1n) is 4.11. The number of nitrogens with one attached hydrogen (secondary N) is 1. The third-order valence-corrected chi connectivity index (χ3v) is 2.42. The fourth-order valence-corrected chi connectivity index (χ4v) is 1.31. The van der Waals surface area contributed by atoms with Gasteiger partial charge in [0.05, 0.1) is 10.0 Å². The fraction of sp³-hybridized carbons (Fsp3) is 0.200. The van der Waals surface area contributed by atoms with Gasteiger partial charge in [0.15, 0.2) is 0 Å². The minimum atomic E-state index is -0.497. The topological polar surface area (TPSA) is 12.0 Å². The highest BCUT2D eigenvalue weighted by molar-refractivity contribution is 6.42. The Morgan fingerprint density at radius 1 is 1.43 bits per heavy atom. The number of hydrogen-bond donors (Lipinski definition) is 1. The van der Waals surface area contributed by atoms with Crippen LogP contribution < -0.4 is 5.32 Å². The number of rotatable bonds is 3. The van der Waals surface area contributed by atoms with Crippen molar-refractivity contribution >= 4 is 29.3 Å². The van der Waals surface area contributed by atoms with Crippen LogP contribution in [-0.4, -0.2) is 13.6 Å². The molecule has 0 aliphatic heterocycles. The van der Waals surface area contributed by atoms with Crippen molar-refractivity contribution in [3.8, 4) is 0 Å². The second kappa shape index (κ2) is 5.35. The fourth-order valence-electron chi connectivity index (χ4n) is 0.984. The lowest BCUT2D eigenvalue weighted by atomic mass is 10.2. The highest BCUT2D eigenvalue weighted by Gasteiger charge is 2.05. The third-order valence-electron chi connectivity index (χ3n) is 1.64. The molecule has 1 N–H and O–H groups in total. The van der Waals surface area contributed by atoms with Crippen LogP contribution in [0.3, 0.4) is 0 Å². The predicted octanol–water partition coefficient (Wildman–Crippen LogP) is 3.37. The molecule has 0 heterocycles. The molecule has 0 saturated heterocycles. The van der Waals surface area contributed by atoms with E-state index < -0.39 is 5.82 Å². The first-order chi connectivity index (χ1) is 6.65. The molecular weight excluding hydrogens is 224 g/mol. The Morgan fingerprint density at radius 3 is 2.71 bits per heavy atom. The largest absolute Gasteiger partial charge is 0.316 e. The van der Waals surface area contributed by atoms with E-state index in [9.17, 15) is 4.39 Å². The quantitative estimate of drug-likeness (QED) is 0.790. The monoisotopic (exact) mass is 233 g/mol. The summed E-state index contributed by atoms with van der Waals surface area (Å²) in [4.78, 5) is 0. The van der Waals surface area contributed by atoms with Crippen LogP contribution in [0.1, 0.15) is 5.56 Å². The molecule has 0 saturated carbocycles. The van der Waals surface area contributed by atoms with Crippen molar-refractivity contribution in [3.63, 3.8) is 0 Å². The van der Waals surface area contributed by atoms with Gasteiger partial charge in [-0.3, -0.25) is 0 Å². The minimum absolute atomic E-state index is 0.0302. The van der Waals surface area contributed by atoms with Gasteiger partial charge in [0.2, 0.25) is 0 Å². The first kappa shape index (κ1) is 11.5. The molecule has 1 rings (SSSR count). The summed E-state index contributed by atoms with van der Waals surface area (Å²) in [5.41, 5.74) is 0.701. The summed E-state index contributed by atoms with van der Waals surface area (Å²) in [6.07, 6.45) is 3.65. The standard InChI is InChI=1S/C10H10Cl2FN/c1-14-4-2-3-7-5-8(11)10(12)9(13)6-7/h2-3,5-6,14H,4H2,1H3. The smallest absolute Gasteiger partial charge is 0.143 e. The van der Waals surface area contributed by atoms with E-state index in [4.69, 9.17) is 23.2 Å². The summed E-state index contributed by atoms with van der Waals surface area (Å²) in [5, 5.41) is 3.14. The number of hydrogen-bond acceptors (Lipinski definition) is 1. The Labute approximate surface area is 92.5 Å². The van der Waals surface area contributed by atoms with Gasteiger partial charge in [0.25, 0.3) is 0 Å². The summed E-state index contributed by atoms with van der Waals surface area (Å²) in [7, 11) is 1.83. The molecule has 1 nitrogen and oxygen atoms in total. The van der Waals surface area contributed by atoms with Crippen LogP contribution in [0.5, 0.6) is 0 Å². The molecule has 0 atom stereocenters. The van der Waals surface area contributed by atoms with E-state index in [1.807, 2.05) is 13.1 Å². The van der Waals surface area contributed by atoms with E-state index in [0.29, 0.717) is 5.56 Å². The second-order valence-electron chi connectivity index (χ2n) is 2.76. The second-order valence-corrected chi connectivity index (χ2v) is 3.54. The lowest BCUT2D eigenvalue weighted by Gasteiger charge is -2.00.